The number of ether oxygens (including phenoxy) is 2. The van der Waals surface area contributed by atoms with Gasteiger partial charge in [-0.3, -0.25) is 13.9 Å². The number of benzene rings is 4. The lowest BCUT2D eigenvalue weighted by Gasteiger charge is -2.34. The van der Waals surface area contributed by atoms with Gasteiger partial charge in [-0.1, -0.05) is 70.5 Å². The summed E-state index contributed by atoms with van der Waals surface area (Å²) in [6.45, 7) is 1.65. The summed E-state index contributed by atoms with van der Waals surface area (Å²) in [5, 5.41) is 2.86. The smallest absolute Gasteiger partial charge is 0.264 e. The minimum atomic E-state index is -4.29. The van der Waals surface area contributed by atoms with Crippen LogP contribution < -0.4 is 19.1 Å². The number of halogens is 1. The number of hydrogen-bond acceptors (Lipinski definition) is 6. The molecule has 1 N–H and O–H groups in total. The van der Waals surface area contributed by atoms with Crippen molar-refractivity contribution in [3.8, 4) is 11.5 Å². The van der Waals surface area contributed by atoms with E-state index in [2.05, 4.69) is 21.2 Å². The molecule has 9 nitrogen and oxygen atoms in total. The molecule has 11 heteroatoms. The molecular formula is C34H36BrN3O6S. The lowest BCUT2D eigenvalue weighted by molar-refractivity contribution is -0.140. The molecule has 0 aliphatic carbocycles. The van der Waals surface area contributed by atoms with E-state index in [0.29, 0.717) is 12.3 Å². The van der Waals surface area contributed by atoms with Crippen molar-refractivity contribution in [2.45, 2.75) is 30.8 Å². The summed E-state index contributed by atoms with van der Waals surface area (Å²) >= 11 is 3.49. The van der Waals surface area contributed by atoms with E-state index in [4.69, 9.17) is 9.47 Å². The molecule has 0 aliphatic rings. The Balaban J connectivity index is 1.82. The van der Waals surface area contributed by atoms with Crippen molar-refractivity contribution in [2.75, 3.05) is 31.6 Å². The van der Waals surface area contributed by atoms with Crippen molar-refractivity contribution in [2.24, 2.45) is 0 Å². The largest absolute Gasteiger partial charge is 0.497 e. The van der Waals surface area contributed by atoms with Gasteiger partial charge >= 0.3 is 0 Å². The number of amides is 2. The Kier molecular flexibility index (Phi) is 11.6. The van der Waals surface area contributed by atoms with Gasteiger partial charge in [0.25, 0.3) is 10.0 Å². The van der Waals surface area contributed by atoms with Crippen molar-refractivity contribution in [1.82, 2.24) is 10.2 Å². The number of likely N-dealkylation sites (N-methyl/N-ethyl adjacent to an activating group) is 1. The molecule has 0 spiro atoms. The maximum absolute atomic E-state index is 14.5. The SMILES string of the molecule is CCNC(=O)C(Cc1ccccc1)N(Cc1cccc(Br)c1)C(=O)CN(c1ccccc1OC)S(=O)(=O)c1ccc(OC)cc1. The highest BCUT2D eigenvalue weighted by Crippen LogP contribution is 2.33. The molecule has 0 aromatic heterocycles. The predicted octanol–water partition coefficient (Wildman–Crippen LogP) is 5.44. The van der Waals surface area contributed by atoms with Crippen molar-refractivity contribution in [3.63, 3.8) is 0 Å². The van der Waals surface area contributed by atoms with E-state index in [0.717, 1.165) is 19.9 Å². The number of anilines is 1. The minimum Gasteiger partial charge on any atom is -0.497 e. The number of para-hydroxylation sites is 2. The van der Waals surface area contributed by atoms with Gasteiger partial charge in [0.05, 0.1) is 24.8 Å². The Hall–Kier alpha value is -4.35. The average Bonchev–Trinajstić information content (AvgIpc) is 3.05. The summed E-state index contributed by atoms with van der Waals surface area (Å²) in [6, 6.07) is 28.4. The number of carbonyl (C=O) groups excluding carboxylic acids is 2. The van der Waals surface area contributed by atoms with Crippen LogP contribution in [0, 0.1) is 0 Å². The highest BCUT2D eigenvalue weighted by molar-refractivity contribution is 9.10. The number of sulfonamides is 1. The Morgan fingerprint density at radius 1 is 0.844 bits per heavy atom. The maximum Gasteiger partial charge on any atom is 0.264 e. The summed E-state index contributed by atoms with van der Waals surface area (Å²) in [7, 11) is -1.37. The van der Waals surface area contributed by atoms with Crippen LogP contribution in [0.25, 0.3) is 0 Å². The van der Waals surface area contributed by atoms with Crippen molar-refractivity contribution < 1.29 is 27.5 Å². The van der Waals surface area contributed by atoms with Gasteiger partial charge < -0.3 is 19.7 Å². The lowest BCUT2D eigenvalue weighted by Crippen LogP contribution is -2.53. The van der Waals surface area contributed by atoms with Crippen LogP contribution in [-0.2, 0) is 32.6 Å². The summed E-state index contributed by atoms with van der Waals surface area (Å²) in [5.41, 5.74) is 1.80. The summed E-state index contributed by atoms with van der Waals surface area (Å²) in [4.78, 5) is 29.5. The van der Waals surface area contributed by atoms with Crippen LogP contribution in [0.4, 0.5) is 5.69 Å². The monoisotopic (exact) mass is 693 g/mol. The van der Waals surface area contributed by atoms with Gasteiger partial charge in [0, 0.05) is 24.0 Å². The van der Waals surface area contributed by atoms with E-state index in [-0.39, 0.29) is 35.2 Å². The van der Waals surface area contributed by atoms with E-state index in [1.807, 2.05) is 61.5 Å². The number of rotatable bonds is 14. The molecule has 4 aromatic rings. The average molecular weight is 695 g/mol. The summed E-state index contributed by atoms with van der Waals surface area (Å²) < 4.78 is 41.0. The fraction of sp³-hybridized carbons (Fsp3) is 0.235. The van der Waals surface area contributed by atoms with Crippen LogP contribution >= 0.6 is 15.9 Å². The predicted molar refractivity (Wildman–Crippen MR) is 178 cm³/mol. The molecule has 0 saturated carbocycles. The van der Waals surface area contributed by atoms with E-state index in [1.165, 1.54) is 31.3 Å². The molecule has 45 heavy (non-hydrogen) atoms. The summed E-state index contributed by atoms with van der Waals surface area (Å²) in [5.74, 6) is -0.151. The zero-order valence-electron chi connectivity index (χ0n) is 25.4. The number of hydrogen-bond donors (Lipinski definition) is 1. The van der Waals surface area contributed by atoms with Crippen LogP contribution in [0.3, 0.4) is 0 Å². The molecule has 4 rings (SSSR count). The second-order valence-electron chi connectivity index (χ2n) is 10.1. The molecular weight excluding hydrogens is 658 g/mol. The van der Waals surface area contributed by atoms with Gasteiger partial charge in [0.2, 0.25) is 11.8 Å². The third-order valence-electron chi connectivity index (χ3n) is 7.14. The third-order valence-corrected chi connectivity index (χ3v) is 9.41. The van der Waals surface area contributed by atoms with Gasteiger partial charge in [-0.2, -0.15) is 0 Å². The molecule has 0 heterocycles. The minimum absolute atomic E-state index is 0.0369. The van der Waals surface area contributed by atoms with Crippen LogP contribution in [0.1, 0.15) is 18.1 Å². The van der Waals surface area contributed by atoms with E-state index >= 15 is 0 Å². The molecule has 1 atom stereocenters. The standard InChI is InChI=1S/C34H36BrN3O6S/c1-4-36-34(40)31(22-25-11-6-5-7-12-25)37(23-26-13-10-14-27(35)21-26)33(39)24-38(30-15-8-9-16-32(30)44-3)45(41,42)29-19-17-28(43-2)18-20-29/h5-21,31H,4,22-24H2,1-3H3,(H,36,40). The lowest BCUT2D eigenvalue weighted by atomic mass is 10.0. The molecule has 4 aromatic carbocycles. The van der Waals surface area contributed by atoms with Crippen molar-refractivity contribution in [1.29, 1.82) is 0 Å². The third kappa shape index (κ3) is 8.43. The van der Waals surface area contributed by atoms with Crippen LogP contribution in [0.2, 0.25) is 0 Å². The fourth-order valence-electron chi connectivity index (χ4n) is 4.90. The van der Waals surface area contributed by atoms with Crippen molar-refractivity contribution >= 4 is 43.5 Å². The van der Waals surface area contributed by atoms with E-state index in [9.17, 15) is 18.0 Å². The second-order valence-corrected chi connectivity index (χ2v) is 12.9. The maximum atomic E-state index is 14.5. The molecule has 0 bridgehead atoms. The van der Waals surface area contributed by atoms with E-state index in [1.54, 1.807) is 36.4 Å². The molecule has 0 saturated heterocycles. The Bertz CT molecular complexity index is 1700. The molecule has 0 aliphatic heterocycles. The quantitative estimate of drug-likeness (QED) is 0.189. The van der Waals surface area contributed by atoms with Crippen molar-refractivity contribution in [3.05, 3.63) is 119 Å². The van der Waals surface area contributed by atoms with Gasteiger partial charge in [0.1, 0.15) is 24.1 Å². The Labute approximate surface area is 273 Å². The Morgan fingerprint density at radius 3 is 2.16 bits per heavy atom. The van der Waals surface area contributed by atoms with Gasteiger partial charge in [-0.05, 0) is 66.6 Å². The molecule has 236 valence electrons. The number of carbonyl (C=O) groups is 2. The first-order chi connectivity index (χ1) is 21.7. The Morgan fingerprint density at radius 2 is 1.51 bits per heavy atom. The number of nitrogens with zero attached hydrogens (tertiary/aromatic N) is 2. The fourth-order valence-corrected chi connectivity index (χ4v) is 6.77. The topological polar surface area (TPSA) is 105 Å². The molecule has 0 radical (unpaired) electrons. The second kappa shape index (κ2) is 15.6. The van der Waals surface area contributed by atoms with Gasteiger partial charge in [-0.15, -0.1) is 0 Å². The number of methoxy groups -OCH3 is 2. The van der Waals surface area contributed by atoms with Gasteiger partial charge in [-0.25, -0.2) is 8.42 Å². The zero-order valence-corrected chi connectivity index (χ0v) is 27.8. The molecule has 2 amide bonds. The van der Waals surface area contributed by atoms with Crippen LogP contribution in [0.5, 0.6) is 11.5 Å². The normalized spacial score (nSPS) is 11.7. The molecule has 1 unspecified atom stereocenters. The molecule has 0 fully saturated rings. The highest BCUT2D eigenvalue weighted by atomic mass is 79.9. The zero-order chi connectivity index (χ0) is 32.4. The summed E-state index contributed by atoms with van der Waals surface area (Å²) in [6.07, 6.45) is 0.228. The highest BCUT2D eigenvalue weighted by Gasteiger charge is 2.35. The van der Waals surface area contributed by atoms with E-state index < -0.39 is 28.5 Å². The first-order valence-corrected chi connectivity index (χ1v) is 16.6. The van der Waals surface area contributed by atoms with Gasteiger partial charge in [0.15, 0.2) is 0 Å². The van der Waals surface area contributed by atoms with Crippen LogP contribution in [-0.4, -0.2) is 58.5 Å². The number of nitrogens with one attached hydrogen (secondary N) is 1. The first kappa shape index (κ1) is 33.5. The first-order valence-electron chi connectivity index (χ1n) is 14.3. The van der Waals surface area contributed by atoms with Crippen LogP contribution in [0.15, 0.2) is 112 Å².